The number of amides is 2. The second kappa shape index (κ2) is 13.3. The molecule has 1 aliphatic carbocycles. The van der Waals surface area contributed by atoms with Crippen molar-refractivity contribution in [3.8, 4) is 0 Å². The standard InChI is InChI=1S/C28H38ClN3O4S/c1-21-9-7-10-23(19-21)20-31(22(2)28(34)30-25-11-5-4-6-12-25)27(33)13-8-18-32(37(3,35)36)26-16-14-24(29)15-17-26/h7,9-10,14-17,19,22,25H,4-6,8,11-13,18,20H2,1-3H3,(H,30,34)/t22-/m1/s1. The van der Waals surface area contributed by atoms with Gasteiger partial charge in [0.15, 0.2) is 0 Å². The summed E-state index contributed by atoms with van der Waals surface area (Å²) in [7, 11) is -3.55. The smallest absolute Gasteiger partial charge is 0.242 e. The molecule has 1 N–H and O–H groups in total. The number of carbonyl (C=O) groups is 2. The van der Waals surface area contributed by atoms with E-state index in [4.69, 9.17) is 11.6 Å². The molecule has 0 radical (unpaired) electrons. The van der Waals surface area contributed by atoms with Gasteiger partial charge in [-0.15, -0.1) is 0 Å². The van der Waals surface area contributed by atoms with Gasteiger partial charge in [-0.1, -0.05) is 60.7 Å². The lowest BCUT2D eigenvalue weighted by atomic mass is 9.95. The second-order valence-corrected chi connectivity index (χ2v) is 12.3. The Labute approximate surface area is 226 Å². The van der Waals surface area contributed by atoms with Crippen LogP contribution in [0.4, 0.5) is 5.69 Å². The van der Waals surface area contributed by atoms with E-state index in [1.165, 1.54) is 10.7 Å². The third-order valence-corrected chi connectivity index (χ3v) is 8.27. The zero-order chi connectivity index (χ0) is 27.0. The predicted molar refractivity (Wildman–Crippen MR) is 149 cm³/mol. The molecule has 0 saturated heterocycles. The number of nitrogens with one attached hydrogen (secondary N) is 1. The molecule has 0 unspecified atom stereocenters. The van der Waals surface area contributed by atoms with E-state index in [1.807, 2.05) is 31.2 Å². The molecule has 0 spiro atoms. The number of carbonyl (C=O) groups excluding carboxylic acids is 2. The zero-order valence-corrected chi connectivity index (χ0v) is 23.5. The van der Waals surface area contributed by atoms with E-state index in [0.29, 0.717) is 23.7 Å². The van der Waals surface area contributed by atoms with Gasteiger partial charge in [0.05, 0.1) is 11.9 Å². The summed E-state index contributed by atoms with van der Waals surface area (Å²) < 4.78 is 26.1. The highest BCUT2D eigenvalue weighted by Crippen LogP contribution is 2.22. The van der Waals surface area contributed by atoms with Gasteiger partial charge in [-0.2, -0.15) is 0 Å². The molecule has 9 heteroatoms. The van der Waals surface area contributed by atoms with Crippen LogP contribution in [0.3, 0.4) is 0 Å². The van der Waals surface area contributed by atoms with Crippen molar-refractivity contribution in [2.75, 3.05) is 17.1 Å². The van der Waals surface area contributed by atoms with Crippen molar-refractivity contribution in [1.29, 1.82) is 0 Å². The maximum Gasteiger partial charge on any atom is 0.242 e. The molecule has 0 aromatic heterocycles. The van der Waals surface area contributed by atoms with Crippen molar-refractivity contribution in [2.24, 2.45) is 0 Å². The Morgan fingerprint density at radius 3 is 2.38 bits per heavy atom. The van der Waals surface area contributed by atoms with E-state index in [0.717, 1.165) is 43.1 Å². The first kappa shape index (κ1) is 29.0. The molecule has 1 fully saturated rings. The normalized spacial score (nSPS) is 15.1. The van der Waals surface area contributed by atoms with Gasteiger partial charge in [0.25, 0.3) is 0 Å². The van der Waals surface area contributed by atoms with Crippen LogP contribution in [-0.4, -0.2) is 50.0 Å². The summed E-state index contributed by atoms with van der Waals surface area (Å²) in [6, 6.07) is 14.0. The number of anilines is 1. The molecular weight excluding hydrogens is 510 g/mol. The minimum atomic E-state index is -3.55. The molecule has 37 heavy (non-hydrogen) atoms. The van der Waals surface area contributed by atoms with Crippen molar-refractivity contribution in [1.82, 2.24) is 10.2 Å². The van der Waals surface area contributed by atoms with Crippen molar-refractivity contribution < 1.29 is 18.0 Å². The highest BCUT2D eigenvalue weighted by molar-refractivity contribution is 7.92. The number of sulfonamides is 1. The Hall–Kier alpha value is -2.58. The molecule has 7 nitrogen and oxygen atoms in total. The van der Waals surface area contributed by atoms with Gasteiger partial charge >= 0.3 is 0 Å². The molecule has 2 aromatic carbocycles. The Bertz CT molecular complexity index is 1160. The van der Waals surface area contributed by atoms with Gasteiger partial charge in [-0.25, -0.2) is 8.42 Å². The Morgan fingerprint density at radius 2 is 1.76 bits per heavy atom. The number of hydrogen-bond donors (Lipinski definition) is 1. The van der Waals surface area contributed by atoms with Crippen molar-refractivity contribution >= 4 is 39.1 Å². The molecule has 202 valence electrons. The number of rotatable bonds is 11. The van der Waals surface area contributed by atoms with Gasteiger partial charge in [0.2, 0.25) is 21.8 Å². The Morgan fingerprint density at radius 1 is 1.08 bits per heavy atom. The fourth-order valence-corrected chi connectivity index (χ4v) is 5.86. The van der Waals surface area contributed by atoms with E-state index >= 15 is 0 Å². The predicted octanol–water partition coefficient (Wildman–Crippen LogP) is 5.06. The molecule has 2 aromatic rings. The van der Waals surface area contributed by atoms with Crippen molar-refractivity contribution in [2.45, 2.75) is 77.4 Å². The van der Waals surface area contributed by atoms with Crippen molar-refractivity contribution in [3.63, 3.8) is 0 Å². The van der Waals surface area contributed by atoms with E-state index in [9.17, 15) is 18.0 Å². The Kier molecular flexibility index (Phi) is 10.4. The van der Waals surface area contributed by atoms with Crippen molar-refractivity contribution in [3.05, 3.63) is 64.7 Å². The number of halogens is 1. The fourth-order valence-electron chi connectivity index (χ4n) is 4.77. The second-order valence-electron chi connectivity index (χ2n) is 9.95. The molecule has 1 aliphatic rings. The van der Waals surface area contributed by atoms with Gasteiger partial charge < -0.3 is 10.2 Å². The molecule has 3 rings (SSSR count). The van der Waals surface area contributed by atoms with Crippen LogP contribution in [0.2, 0.25) is 5.02 Å². The van der Waals surface area contributed by atoms with Crippen LogP contribution in [0.25, 0.3) is 0 Å². The number of nitrogens with zero attached hydrogens (tertiary/aromatic N) is 2. The minimum absolute atomic E-state index is 0.118. The van der Waals surface area contributed by atoms with Crippen LogP contribution in [0.15, 0.2) is 48.5 Å². The van der Waals surface area contributed by atoms with Crippen LogP contribution in [0, 0.1) is 6.92 Å². The first-order chi connectivity index (χ1) is 17.5. The summed E-state index contributed by atoms with van der Waals surface area (Å²) >= 11 is 5.95. The molecule has 1 atom stereocenters. The summed E-state index contributed by atoms with van der Waals surface area (Å²) in [6.07, 6.45) is 6.92. The monoisotopic (exact) mass is 547 g/mol. The molecule has 2 amide bonds. The minimum Gasteiger partial charge on any atom is -0.352 e. The van der Waals surface area contributed by atoms with Gasteiger partial charge in [0, 0.05) is 30.6 Å². The summed E-state index contributed by atoms with van der Waals surface area (Å²) in [4.78, 5) is 28.2. The van der Waals surface area contributed by atoms with E-state index < -0.39 is 16.1 Å². The van der Waals surface area contributed by atoms with E-state index in [2.05, 4.69) is 5.32 Å². The van der Waals surface area contributed by atoms with Crippen LogP contribution < -0.4 is 9.62 Å². The maximum absolute atomic E-state index is 13.4. The lowest BCUT2D eigenvalue weighted by Gasteiger charge is -2.31. The summed E-state index contributed by atoms with van der Waals surface area (Å²) in [5.74, 6) is -0.329. The van der Waals surface area contributed by atoms with Gasteiger partial charge in [-0.05, 0) is 62.9 Å². The zero-order valence-electron chi connectivity index (χ0n) is 22.0. The highest BCUT2D eigenvalue weighted by atomic mass is 35.5. The number of benzene rings is 2. The summed E-state index contributed by atoms with van der Waals surface area (Å²) in [5.41, 5.74) is 2.52. The molecule has 0 aliphatic heterocycles. The van der Waals surface area contributed by atoms with Crippen LogP contribution >= 0.6 is 11.6 Å². The lowest BCUT2D eigenvalue weighted by molar-refractivity contribution is -0.141. The Balaban J connectivity index is 1.71. The lowest BCUT2D eigenvalue weighted by Crippen LogP contribution is -2.50. The van der Waals surface area contributed by atoms with Crippen LogP contribution in [0.5, 0.6) is 0 Å². The largest absolute Gasteiger partial charge is 0.352 e. The summed E-state index contributed by atoms with van der Waals surface area (Å²) in [6.45, 7) is 4.22. The third kappa shape index (κ3) is 8.75. The van der Waals surface area contributed by atoms with E-state index in [-0.39, 0.29) is 30.8 Å². The first-order valence-electron chi connectivity index (χ1n) is 12.9. The molecule has 0 heterocycles. The molecular formula is C28H38ClN3O4S. The molecule has 0 bridgehead atoms. The van der Waals surface area contributed by atoms with Crippen LogP contribution in [0.1, 0.15) is 63.0 Å². The molecule has 1 saturated carbocycles. The van der Waals surface area contributed by atoms with E-state index in [1.54, 1.807) is 36.1 Å². The average molecular weight is 548 g/mol. The van der Waals surface area contributed by atoms with Gasteiger partial charge in [0.1, 0.15) is 6.04 Å². The fraction of sp³-hybridized carbons (Fsp3) is 0.500. The van der Waals surface area contributed by atoms with Gasteiger partial charge in [-0.3, -0.25) is 13.9 Å². The number of aryl methyl sites for hydroxylation is 1. The third-order valence-electron chi connectivity index (χ3n) is 6.82. The SMILES string of the molecule is Cc1cccc(CN(C(=O)CCCN(c2ccc(Cl)cc2)S(C)(=O)=O)[C@H](C)C(=O)NC2CCCCC2)c1. The quantitative estimate of drug-likeness (QED) is 0.426. The van der Waals surface area contributed by atoms with Crippen LogP contribution in [-0.2, 0) is 26.2 Å². The highest BCUT2D eigenvalue weighted by Gasteiger charge is 2.28. The first-order valence-corrected chi connectivity index (χ1v) is 15.2. The number of hydrogen-bond acceptors (Lipinski definition) is 4. The summed E-state index contributed by atoms with van der Waals surface area (Å²) in [5, 5.41) is 3.65. The maximum atomic E-state index is 13.4. The average Bonchev–Trinajstić information content (AvgIpc) is 2.85. The topological polar surface area (TPSA) is 86.8 Å².